The van der Waals surface area contributed by atoms with Gasteiger partial charge in [-0.3, -0.25) is 0 Å². The summed E-state index contributed by atoms with van der Waals surface area (Å²) in [5.74, 6) is 0.565. The largest absolute Gasteiger partial charge is 0.324 e. The first-order chi connectivity index (χ1) is 8.36. The lowest BCUT2D eigenvalue weighted by Crippen LogP contribution is -2.30. The van der Waals surface area contributed by atoms with Crippen molar-refractivity contribution in [3.05, 3.63) is 47.0 Å². The van der Waals surface area contributed by atoms with Crippen molar-refractivity contribution >= 4 is 0 Å². The lowest BCUT2D eigenvalue weighted by molar-refractivity contribution is 0.543. The first kappa shape index (κ1) is 11.0. The van der Waals surface area contributed by atoms with Gasteiger partial charge >= 0.3 is 0 Å². The van der Waals surface area contributed by atoms with E-state index in [1.807, 2.05) is 0 Å². The van der Waals surface area contributed by atoms with E-state index in [0.29, 0.717) is 5.92 Å². The molecule has 1 nitrogen and oxygen atoms in total. The molecule has 2 aliphatic carbocycles. The van der Waals surface area contributed by atoms with Crippen molar-refractivity contribution < 1.29 is 0 Å². The summed E-state index contributed by atoms with van der Waals surface area (Å²) in [7, 11) is 0. The molecule has 0 spiro atoms. The minimum atomic E-state index is 0.263. The SMILES string of the molecule is NC(C1=CCCCC1)C1CCc2ccccc21. The Balaban J connectivity index is 1.84. The average Bonchev–Trinajstić information content (AvgIpc) is 2.83. The van der Waals surface area contributed by atoms with Gasteiger partial charge in [0.25, 0.3) is 0 Å². The van der Waals surface area contributed by atoms with Crippen molar-refractivity contribution in [1.29, 1.82) is 0 Å². The molecule has 0 saturated carbocycles. The Morgan fingerprint density at radius 1 is 1.12 bits per heavy atom. The summed E-state index contributed by atoms with van der Waals surface area (Å²) in [5.41, 5.74) is 11.0. The fourth-order valence-corrected chi connectivity index (χ4v) is 3.39. The maximum atomic E-state index is 6.50. The first-order valence-corrected chi connectivity index (χ1v) is 6.88. The second-order valence-electron chi connectivity index (χ2n) is 5.39. The van der Waals surface area contributed by atoms with Crippen LogP contribution in [0.3, 0.4) is 0 Å². The molecule has 0 fully saturated rings. The standard InChI is InChI=1S/C16H21N/c17-16(13-7-2-1-3-8-13)15-11-10-12-6-4-5-9-14(12)15/h4-7,9,15-16H,1-3,8,10-11,17H2. The van der Waals surface area contributed by atoms with Crippen LogP contribution in [-0.4, -0.2) is 6.04 Å². The summed E-state index contributed by atoms with van der Waals surface area (Å²) < 4.78 is 0. The third kappa shape index (κ3) is 2.04. The minimum absolute atomic E-state index is 0.263. The normalized spacial score (nSPS) is 25.2. The first-order valence-electron chi connectivity index (χ1n) is 6.88. The highest BCUT2D eigenvalue weighted by molar-refractivity contribution is 5.38. The molecule has 0 aromatic heterocycles. The fraction of sp³-hybridized carbons (Fsp3) is 0.500. The molecule has 1 aromatic rings. The van der Waals surface area contributed by atoms with Gasteiger partial charge < -0.3 is 5.73 Å². The van der Waals surface area contributed by atoms with Gasteiger partial charge in [0.05, 0.1) is 0 Å². The number of hydrogen-bond donors (Lipinski definition) is 1. The molecule has 0 saturated heterocycles. The average molecular weight is 227 g/mol. The van der Waals surface area contributed by atoms with Crippen LogP contribution in [0.1, 0.15) is 49.1 Å². The molecule has 2 atom stereocenters. The third-order valence-corrected chi connectivity index (χ3v) is 4.37. The quantitative estimate of drug-likeness (QED) is 0.768. The maximum absolute atomic E-state index is 6.50. The van der Waals surface area contributed by atoms with Crippen LogP contribution in [0.15, 0.2) is 35.9 Å². The number of aryl methyl sites for hydroxylation is 1. The van der Waals surface area contributed by atoms with Gasteiger partial charge in [0, 0.05) is 12.0 Å². The van der Waals surface area contributed by atoms with Crippen LogP contribution in [0.2, 0.25) is 0 Å². The highest BCUT2D eigenvalue weighted by atomic mass is 14.7. The summed E-state index contributed by atoms with van der Waals surface area (Å²) in [6, 6.07) is 9.10. The van der Waals surface area contributed by atoms with Gasteiger partial charge in [0.1, 0.15) is 0 Å². The van der Waals surface area contributed by atoms with Gasteiger partial charge in [0.15, 0.2) is 0 Å². The van der Waals surface area contributed by atoms with Gasteiger partial charge in [0.2, 0.25) is 0 Å². The Morgan fingerprint density at radius 3 is 2.82 bits per heavy atom. The van der Waals surface area contributed by atoms with E-state index in [4.69, 9.17) is 5.73 Å². The van der Waals surface area contributed by atoms with Crippen molar-refractivity contribution in [1.82, 2.24) is 0 Å². The van der Waals surface area contributed by atoms with Crippen molar-refractivity contribution in [3.8, 4) is 0 Å². The molecule has 2 aliphatic rings. The zero-order valence-electron chi connectivity index (χ0n) is 10.4. The molecule has 0 aliphatic heterocycles. The van der Waals surface area contributed by atoms with Crippen molar-refractivity contribution in [2.45, 2.75) is 50.5 Å². The van der Waals surface area contributed by atoms with E-state index in [2.05, 4.69) is 30.3 Å². The Bertz CT molecular complexity index is 433. The smallest absolute Gasteiger partial charge is 0.0323 e. The number of benzene rings is 1. The van der Waals surface area contributed by atoms with Gasteiger partial charge in [-0.05, 0) is 49.7 Å². The molecule has 0 radical (unpaired) electrons. The number of allylic oxidation sites excluding steroid dienone is 1. The Morgan fingerprint density at radius 2 is 2.00 bits per heavy atom. The van der Waals surface area contributed by atoms with Crippen LogP contribution < -0.4 is 5.73 Å². The van der Waals surface area contributed by atoms with Crippen LogP contribution in [0, 0.1) is 0 Å². The molecule has 0 bridgehead atoms. The lowest BCUT2D eigenvalue weighted by Gasteiger charge is -2.25. The van der Waals surface area contributed by atoms with E-state index in [9.17, 15) is 0 Å². The molecular formula is C16H21N. The molecule has 0 amide bonds. The maximum Gasteiger partial charge on any atom is 0.0323 e. The monoisotopic (exact) mass is 227 g/mol. The second kappa shape index (κ2) is 4.66. The van der Waals surface area contributed by atoms with Crippen LogP contribution in [0.5, 0.6) is 0 Å². The molecule has 3 rings (SSSR count). The number of fused-ring (bicyclic) bond motifs is 1. The van der Waals surface area contributed by atoms with Crippen molar-refractivity contribution in [2.75, 3.05) is 0 Å². The molecular weight excluding hydrogens is 206 g/mol. The molecule has 2 N–H and O–H groups in total. The summed E-state index contributed by atoms with van der Waals surface area (Å²) >= 11 is 0. The van der Waals surface area contributed by atoms with E-state index in [1.165, 1.54) is 55.2 Å². The summed E-state index contributed by atoms with van der Waals surface area (Å²) in [5, 5.41) is 0. The summed E-state index contributed by atoms with van der Waals surface area (Å²) in [6.45, 7) is 0. The van der Waals surface area contributed by atoms with Gasteiger partial charge in [-0.2, -0.15) is 0 Å². The van der Waals surface area contributed by atoms with E-state index in [0.717, 1.165) is 0 Å². The highest BCUT2D eigenvalue weighted by Gasteiger charge is 2.29. The predicted molar refractivity (Wildman–Crippen MR) is 72.0 cm³/mol. The zero-order chi connectivity index (χ0) is 11.7. The third-order valence-electron chi connectivity index (χ3n) is 4.37. The minimum Gasteiger partial charge on any atom is -0.324 e. The topological polar surface area (TPSA) is 26.0 Å². The molecule has 0 heterocycles. The van der Waals surface area contributed by atoms with Gasteiger partial charge in [-0.15, -0.1) is 0 Å². The van der Waals surface area contributed by atoms with Crippen LogP contribution in [0.25, 0.3) is 0 Å². The Hall–Kier alpha value is -1.08. The van der Waals surface area contributed by atoms with Gasteiger partial charge in [-0.1, -0.05) is 35.9 Å². The highest BCUT2D eigenvalue weighted by Crippen LogP contribution is 2.38. The Kier molecular flexibility index (Phi) is 3.02. The molecule has 90 valence electrons. The fourth-order valence-electron chi connectivity index (χ4n) is 3.39. The van der Waals surface area contributed by atoms with E-state index in [-0.39, 0.29) is 6.04 Å². The number of nitrogens with two attached hydrogens (primary N) is 1. The number of rotatable bonds is 2. The molecule has 2 unspecified atom stereocenters. The molecule has 1 aromatic carbocycles. The van der Waals surface area contributed by atoms with Crippen LogP contribution in [0.4, 0.5) is 0 Å². The van der Waals surface area contributed by atoms with E-state index >= 15 is 0 Å². The predicted octanol–water partition coefficient (Wildman–Crippen LogP) is 3.54. The number of hydrogen-bond acceptors (Lipinski definition) is 1. The summed E-state index contributed by atoms with van der Waals surface area (Å²) in [6.07, 6.45) is 9.97. The lowest BCUT2D eigenvalue weighted by atomic mass is 9.84. The molecule has 17 heavy (non-hydrogen) atoms. The Labute approximate surface area is 104 Å². The van der Waals surface area contributed by atoms with Crippen molar-refractivity contribution in [2.24, 2.45) is 5.73 Å². The summed E-state index contributed by atoms with van der Waals surface area (Å²) in [4.78, 5) is 0. The van der Waals surface area contributed by atoms with Crippen LogP contribution in [-0.2, 0) is 6.42 Å². The molecule has 1 heteroatoms. The van der Waals surface area contributed by atoms with Crippen molar-refractivity contribution in [3.63, 3.8) is 0 Å². The van der Waals surface area contributed by atoms with E-state index in [1.54, 1.807) is 0 Å². The van der Waals surface area contributed by atoms with Gasteiger partial charge in [-0.25, -0.2) is 0 Å². The van der Waals surface area contributed by atoms with E-state index < -0.39 is 0 Å². The van der Waals surface area contributed by atoms with Crippen LogP contribution >= 0.6 is 0 Å². The second-order valence-corrected chi connectivity index (χ2v) is 5.39. The zero-order valence-corrected chi connectivity index (χ0v) is 10.4.